The van der Waals surface area contributed by atoms with Crippen molar-refractivity contribution in [2.75, 3.05) is 6.67 Å². The van der Waals surface area contributed by atoms with Gasteiger partial charge in [0, 0.05) is 0 Å². The molecule has 1 aromatic rings. The molecule has 1 rings (SSSR count). The first-order valence-corrected chi connectivity index (χ1v) is 6.12. The van der Waals surface area contributed by atoms with Crippen molar-refractivity contribution >= 4 is 0 Å². The van der Waals surface area contributed by atoms with Crippen LogP contribution in [0.25, 0.3) is 0 Å². The van der Waals surface area contributed by atoms with Gasteiger partial charge in [-0.1, -0.05) is 31.9 Å². The van der Waals surface area contributed by atoms with Crippen molar-refractivity contribution < 1.29 is 9.50 Å². The van der Waals surface area contributed by atoms with Crippen LogP contribution in [0.15, 0.2) is 24.3 Å². The monoisotopic (exact) mass is 224 g/mol. The number of benzene rings is 1. The van der Waals surface area contributed by atoms with E-state index in [0.717, 1.165) is 31.2 Å². The number of alkyl halides is 1. The van der Waals surface area contributed by atoms with E-state index in [0.29, 0.717) is 18.1 Å². The van der Waals surface area contributed by atoms with E-state index in [4.69, 9.17) is 0 Å². The molecule has 1 unspecified atom stereocenters. The highest BCUT2D eigenvalue weighted by molar-refractivity contribution is 5.29. The highest BCUT2D eigenvalue weighted by Gasteiger charge is 2.11. The Hall–Kier alpha value is -1.05. The van der Waals surface area contributed by atoms with Gasteiger partial charge in [0.15, 0.2) is 0 Å². The lowest BCUT2D eigenvalue weighted by atomic mass is 9.89. The maximum atomic E-state index is 12.2. The van der Waals surface area contributed by atoms with Crippen LogP contribution in [0.1, 0.15) is 50.5 Å². The predicted molar refractivity (Wildman–Crippen MR) is 65.6 cm³/mol. The van der Waals surface area contributed by atoms with Crippen molar-refractivity contribution in [3.63, 3.8) is 0 Å². The number of hydrogen-bond donors (Lipinski definition) is 1. The zero-order chi connectivity index (χ0) is 11.8. The van der Waals surface area contributed by atoms with E-state index >= 15 is 0 Å². The minimum atomic E-state index is -0.249. The molecule has 0 aliphatic carbocycles. The average Bonchev–Trinajstić information content (AvgIpc) is 2.29. The minimum Gasteiger partial charge on any atom is -0.508 e. The van der Waals surface area contributed by atoms with Crippen LogP contribution in [0.4, 0.5) is 4.39 Å². The first-order chi connectivity index (χ1) is 7.77. The van der Waals surface area contributed by atoms with E-state index in [2.05, 4.69) is 6.92 Å². The van der Waals surface area contributed by atoms with Gasteiger partial charge in [-0.05, 0) is 42.9 Å². The average molecular weight is 224 g/mol. The molecule has 1 aromatic carbocycles. The molecule has 0 amide bonds. The highest BCUT2D eigenvalue weighted by atomic mass is 19.1. The van der Waals surface area contributed by atoms with Crippen LogP contribution in [-0.2, 0) is 0 Å². The second-order valence-corrected chi connectivity index (χ2v) is 4.27. The van der Waals surface area contributed by atoms with E-state index in [1.807, 2.05) is 12.1 Å². The van der Waals surface area contributed by atoms with E-state index in [9.17, 15) is 9.50 Å². The van der Waals surface area contributed by atoms with Crippen molar-refractivity contribution in [1.82, 2.24) is 0 Å². The van der Waals surface area contributed by atoms with Gasteiger partial charge in [0.1, 0.15) is 5.75 Å². The molecule has 0 radical (unpaired) electrons. The summed E-state index contributed by atoms with van der Waals surface area (Å²) in [7, 11) is 0. The molecule has 90 valence electrons. The molecule has 1 N–H and O–H groups in total. The predicted octanol–water partition coefficient (Wildman–Crippen LogP) is 4.42. The molecule has 1 nitrogen and oxygen atoms in total. The molecule has 0 fully saturated rings. The Balaban J connectivity index is 2.66. The number of unbranched alkanes of at least 4 members (excludes halogenated alkanes) is 1. The number of aromatic hydroxyl groups is 1. The maximum absolute atomic E-state index is 12.2. The SMILES string of the molecule is CCCCC(CCCF)c1cccc(O)c1. The molecule has 0 saturated carbocycles. The number of hydrogen-bond acceptors (Lipinski definition) is 1. The lowest BCUT2D eigenvalue weighted by molar-refractivity contribution is 0.428. The Morgan fingerprint density at radius 2 is 2.00 bits per heavy atom. The van der Waals surface area contributed by atoms with E-state index in [1.54, 1.807) is 12.1 Å². The Morgan fingerprint density at radius 1 is 1.25 bits per heavy atom. The largest absolute Gasteiger partial charge is 0.508 e. The van der Waals surface area contributed by atoms with Crippen molar-refractivity contribution in [2.24, 2.45) is 0 Å². The van der Waals surface area contributed by atoms with Crippen molar-refractivity contribution in [3.05, 3.63) is 29.8 Å². The van der Waals surface area contributed by atoms with Gasteiger partial charge in [0.2, 0.25) is 0 Å². The molecule has 0 aliphatic rings. The first kappa shape index (κ1) is 13.0. The van der Waals surface area contributed by atoms with Gasteiger partial charge in [-0.15, -0.1) is 0 Å². The standard InChI is InChI=1S/C14H21FO/c1-2-3-6-12(8-5-10-15)13-7-4-9-14(16)11-13/h4,7,9,11-12,16H,2-3,5-6,8,10H2,1H3. The first-order valence-electron chi connectivity index (χ1n) is 6.12. The van der Waals surface area contributed by atoms with Crippen molar-refractivity contribution in [2.45, 2.75) is 44.9 Å². The number of halogens is 1. The minimum absolute atomic E-state index is 0.249. The van der Waals surface area contributed by atoms with Gasteiger partial charge >= 0.3 is 0 Å². The molecule has 0 aliphatic heterocycles. The van der Waals surface area contributed by atoms with Crippen molar-refractivity contribution in [1.29, 1.82) is 0 Å². The molecule has 0 spiro atoms. The number of phenols is 1. The van der Waals surface area contributed by atoms with Gasteiger partial charge in [-0.2, -0.15) is 0 Å². The zero-order valence-electron chi connectivity index (χ0n) is 9.95. The fourth-order valence-electron chi connectivity index (χ4n) is 2.03. The van der Waals surface area contributed by atoms with E-state index in [1.165, 1.54) is 0 Å². The fourth-order valence-corrected chi connectivity index (χ4v) is 2.03. The Bertz CT molecular complexity index is 291. The Kier molecular flexibility index (Phi) is 5.91. The smallest absolute Gasteiger partial charge is 0.115 e. The molecule has 0 saturated heterocycles. The fraction of sp³-hybridized carbons (Fsp3) is 0.571. The van der Waals surface area contributed by atoms with Gasteiger partial charge < -0.3 is 5.11 Å². The summed E-state index contributed by atoms with van der Waals surface area (Å²) in [6.45, 7) is 1.91. The second kappa shape index (κ2) is 7.26. The molecule has 0 aromatic heterocycles. The summed E-state index contributed by atoms with van der Waals surface area (Å²) in [5, 5.41) is 9.44. The van der Waals surface area contributed by atoms with Gasteiger partial charge in [-0.25, -0.2) is 0 Å². The molecule has 2 heteroatoms. The van der Waals surface area contributed by atoms with Crippen LogP contribution >= 0.6 is 0 Å². The third-order valence-corrected chi connectivity index (χ3v) is 2.93. The summed E-state index contributed by atoms with van der Waals surface area (Å²) in [6.07, 6.45) is 4.89. The molecule has 0 heterocycles. The second-order valence-electron chi connectivity index (χ2n) is 4.27. The van der Waals surface area contributed by atoms with Crippen LogP contribution in [-0.4, -0.2) is 11.8 Å². The number of phenolic OH excluding ortho intramolecular Hbond substituents is 1. The summed E-state index contributed by atoms with van der Waals surface area (Å²) in [5.74, 6) is 0.696. The normalized spacial score (nSPS) is 12.6. The molecule has 16 heavy (non-hydrogen) atoms. The van der Waals surface area contributed by atoms with Crippen LogP contribution in [0.2, 0.25) is 0 Å². The summed E-state index contributed by atoms with van der Waals surface area (Å²) in [6, 6.07) is 7.37. The quantitative estimate of drug-likeness (QED) is 0.727. The van der Waals surface area contributed by atoms with Gasteiger partial charge in [0.05, 0.1) is 6.67 Å². The highest BCUT2D eigenvalue weighted by Crippen LogP contribution is 2.29. The zero-order valence-corrected chi connectivity index (χ0v) is 9.95. The molecular weight excluding hydrogens is 203 g/mol. The summed E-state index contributed by atoms with van der Waals surface area (Å²) < 4.78 is 12.2. The lowest BCUT2D eigenvalue weighted by Crippen LogP contribution is -1.99. The van der Waals surface area contributed by atoms with E-state index < -0.39 is 0 Å². The van der Waals surface area contributed by atoms with Crippen molar-refractivity contribution in [3.8, 4) is 5.75 Å². The molecular formula is C14H21FO. The summed E-state index contributed by atoms with van der Waals surface area (Å²) in [5.41, 5.74) is 1.14. The number of rotatable bonds is 7. The van der Waals surface area contributed by atoms with Gasteiger partial charge in [0.25, 0.3) is 0 Å². The lowest BCUT2D eigenvalue weighted by Gasteiger charge is -2.16. The maximum Gasteiger partial charge on any atom is 0.115 e. The van der Waals surface area contributed by atoms with Crippen LogP contribution in [0.3, 0.4) is 0 Å². The topological polar surface area (TPSA) is 20.2 Å². The van der Waals surface area contributed by atoms with Crippen LogP contribution in [0, 0.1) is 0 Å². The molecule has 1 atom stereocenters. The molecule has 0 bridgehead atoms. The summed E-state index contributed by atoms with van der Waals surface area (Å²) >= 11 is 0. The summed E-state index contributed by atoms with van der Waals surface area (Å²) in [4.78, 5) is 0. The van der Waals surface area contributed by atoms with Gasteiger partial charge in [-0.3, -0.25) is 4.39 Å². The van der Waals surface area contributed by atoms with Crippen LogP contribution < -0.4 is 0 Å². The Labute approximate surface area is 97.3 Å². The Morgan fingerprint density at radius 3 is 2.62 bits per heavy atom. The third-order valence-electron chi connectivity index (χ3n) is 2.93. The third kappa shape index (κ3) is 4.21. The van der Waals surface area contributed by atoms with Crippen LogP contribution in [0.5, 0.6) is 5.75 Å². The van der Waals surface area contributed by atoms with E-state index in [-0.39, 0.29) is 6.67 Å².